The van der Waals surface area contributed by atoms with Gasteiger partial charge in [-0.15, -0.1) is 0 Å². The first-order valence-electron chi connectivity index (χ1n) is 5.67. The molecule has 0 bridgehead atoms. The molecule has 0 aliphatic carbocycles. The molecule has 0 fully saturated rings. The second-order valence-corrected chi connectivity index (χ2v) is 4.85. The van der Waals surface area contributed by atoms with Gasteiger partial charge in [0.05, 0.1) is 0 Å². The summed E-state index contributed by atoms with van der Waals surface area (Å²) in [5.41, 5.74) is 1.81. The van der Waals surface area contributed by atoms with Crippen LogP contribution < -0.4 is 5.32 Å². The summed E-state index contributed by atoms with van der Waals surface area (Å²) in [6, 6.07) is 7.03. The molecule has 1 aromatic carbocycles. The van der Waals surface area contributed by atoms with Crippen LogP contribution in [0.1, 0.15) is 11.1 Å². The summed E-state index contributed by atoms with van der Waals surface area (Å²) in [4.78, 5) is 14.5. The molecule has 2 N–H and O–H groups in total. The number of hydrogen-bond acceptors (Lipinski definition) is 1. The van der Waals surface area contributed by atoms with E-state index in [-0.39, 0.29) is 5.91 Å². The molecule has 98 valence electrons. The van der Waals surface area contributed by atoms with E-state index in [1.165, 1.54) is 6.08 Å². The van der Waals surface area contributed by atoms with Gasteiger partial charge in [0.15, 0.2) is 0 Å². The van der Waals surface area contributed by atoms with Crippen molar-refractivity contribution in [3.63, 3.8) is 0 Å². The molecule has 0 saturated carbocycles. The van der Waals surface area contributed by atoms with Gasteiger partial charge in [-0.3, -0.25) is 4.79 Å². The molecule has 3 nitrogen and oxygen atoms in total. The normalized spacial score (nSPS) is 10.8. The minimum Gasteiger partial charge on any atom is -0.367 e. The van der Waals surface area contributed by atoms with Crippen molar-refractivity contribution >= 4 is 35.2 Å². The van der Waals surface area contributed by atoms with Crippen LogP contribution in [0.25, 0.3) is 6.08 Å². The average molecular weight is 295 g/mol. The smallest absolute Gasteiger partial charge is 0.244 e. The standard InChI is InChI=1S/C14H12Cl2N2O/c15-12-5-10(6-13(16)7-12)1-2-14(19)18-9-11-3-4-17-8-11/h1-8,17H,9H2,(H,18,19)/b2-1+. The highest BCUT2D eigenvalue weighted by Crippen LogP contribution is 2.19. The Labute approximate surface area is 121 Å². The van der Waals surface area contributed by atoms with Crippen molar-refractivity contribution in [1.82, 2.24) is 10.3 Å². The summed E-state index contributed by atoms with van der Waals surface area (Å²) in [6.07, 6.45) is 6.77. The Hall–Kier alpha value is -1.71. The molecular formula is C14H12Cl2N2O. The van der Waals surface area contributed by atoms with Crippen molar-refractivity contribution in [3.05, 3.63) is 63.9 Å². The molecule has 0 radical (unpaired) electrons. The van der Waals surface area contributed by atoms with Crippen LogP contribution >= 0.6 is 23.2 Å². The van der Waals surface area contributed by atoms with Crippen LogP contribution in [-0.2, 0) is 11.3 Å². The molecule has 2 rings (SSSR count). The maximum Gasteiger partial charge on any atom is 0.244 e. The molecule has 0 spiro atoms. The first-order valence-corrected chi connectivity index (χ1v) is 6.43. The lowest BCUT2D eigenvalue weighted by atomic mass is 10.2. The Morgan fingerprint density at radius 2 is 2.00 bits per heavy atom. The molecule has 0 aliphatic heterocycles. The zero-order valence-electron chi connectivity index (χ0n) is 9.99. The Balaban J connectivity index is 1.92. The molecule has 2 aromatic rings. The van der Waals surface area contributed by atoms with Gasteiger partial charge < -0.3 is 10.3 Å². The predicted molar refractivity (Wildman–Crippen MR) is 78.1 cm³/mol. The van der Waals surface area contributed by atoms with E-state index in [1.807, 2.05) is 18.5 Å². The second kappa shape index (κ2) is 6.45. The van der Waals surface area contributed by atoms with Gasteiger partial charge in [0.1, 0.15) is 0 Å². The third kappa shape index (κ3) is 4.47. The molecule has 1 amide bonds. The van der Waals surface area contributed by atoms with Crippen LogP contribution in [0.4, 0.5) is 0 Å². The first kappa shape index (κ1) is 13.7. The fourth-order valence-corrected chi connectivity index (χ4v) is 2.10. The molecule has 1 heterocycles. The van der Waals surface area contributed by atoms with E-state index >= 15 is 0 Å². The fourth-order valence-electron chi connectivity index (χ4n) is 1.56. The number of carbonyl (C=O) groups excluding carboxylic acids is 1. The number of H-pyrrole nitrogens is 1. The molecule has 19 heavy (non-hydrogen) atoms. The Kier molecular flexibility index (Phi) is 4.66. The summed E-state index contributed by atoms with van der Waals surface area (Å²) in [6.45, 7) is 0.489. The number of hydrogen-bond donors (Lipinski definition) is 2. The molecule has 0 saturated heterocycles. The van der Waals surface area contributed by atoms with Gasteiger partial charge >= 0.3 is 0 Å². The molecule has 0 aliphatic rings. The van der Waals surface area contributed by atoms with E-state index in [0.717, 1.165) is 11.1 Å². The summed E-state index contributed by atoms with van der Waals surface area (Å²) < 4.78 is 0. The third-order valence-corrected chi connectivity index (χ3v) is 2.88. The van der Waals surface area contributed by atoms with Gasteiger partial charge in [-0.25, -0.2) is 0 Å². The van der Waals surface area contributed by atoms with E-state index in [9.17, 15) is 4.79 Å². The highest BCUT2D eigenvalue weighted by atomic mass is 35.5. The van der Waals surface area contributed by atoms with E-state index in [4.69, 9.17) is 23.2 Å². The van der Waals surface area contributed by atoms with Crippen LogP contribution in [0.3, 0.4) is 0 Å². The summed E-state index contributed by atoms with van der Waals surface area (Å²) >= 11 is 11.7. The lowest BCUT2D eigenvalue weighted by Crippen LogP contribution is -2.19. The number of benzene rings is 1. The van der Waals surface area contributed by atoms with Crippen molar-refractivity contribution in [2.24, 2.45) is 0 Å². The highest BCUT2D eigenvalue weighted by Gasteiger charge is 1.98. The van der Waals surface area contributed by atoms with E-state index in [0.29, 0.717) is 16.6 Å². The van der Waals surface area contributed by atoms with Gasteiger partial charge in [0, 0.05) is 35.1 Å². The van der Waals surface area contributed by atoms with Crippen LogP contribution in [0.5, 0.6) is 0 Å². The minimum atomic E-state index is -0.169. The first-order chi connectivity index (χ1) is 9.13. The van der Waals surface area contributed by atoms with Gasteiger partial charge in [-0.1, -0.05) is 23.2 Å². The number of aromatic amines is 1. The zero-order chi connectivity index (χ0) is 13.7. The van der Waals surface area contributed by atoms with Gasteiger partial charge in [0.25, 0.3) is 0 Å². The second-order valence-electron chi connectivity index (χ2n) is 3.97. The number of rotatable bonds is 4. The van der Waals surface area contributed by atoms with Crippen LogP contribution in [0.15, 0.2) is 42.7 Å². The van der Waals surface area contributed by atoms with E-state index in [1.54, 1.807) is 24.3 Å². The van der Waals surface area contributed by atoms with Crippen molar-refractivity contribution < 1.29 is 4.79 Å². The summed E-state index contributed by atoms with van der Waals surface area (Å²) in [5.74, 6) is -0.169. The monoisotopic (exact) mass is 294 g/mol. The van der Waals surface area contributed by atoms with E-state index < -0.39 is 0 Å². The highest BCUT2D eigenvalue weighted by molar-refractivity contribution is 6.34. The Morgan fingerprint density at radius 1 is 1.26 bits per heavy atom. The van der Waals surface area contributed by atoms with Crippen LogP contribution in [0, 0.1) is 0 Å². The molecule has 5 heteroatoms. The lowest BCUT2D eigenvalue weighted by molar-refractivity contribution is -0.116. The molecule has 1 aromatic heterocycles. The number of amides is 1. The van der Waals surface area contributed by atoms with Crippen molar-refractivity contribution in [2.75, 3.05) is 0 Å². The Bertz CT molecular complexity index is 571. The van der Waals surface area contributed by atoms with Crippen molar-refractivity contribution in [1.29, 1.82) is 0 Å². The lowest BCUT2D eigenvalue weighted by Gasteiger charge is -2.00. The maximum atomic E-state index is 11.6. The maximum absolute atomic E-state index is 11.6. The van der Waals surface area contributed by atoms with Crippen molar-refractivity contribution in [3.8, 4) is 0 Å². The van der Waals surface area contributed by atoms with Crippen molar-refractivity contribution in [2.45, 2.75) is 6.54 Å². The Morgan fingerprint density at radius 3 is 2.63 bits per heavy atom. The number of aromatic nitrogens is 1. The average Bonchev–Trinajstić information content (AvgIpc) is 2.86. The van der Waals surface area contributed by atoms with Gasteiger partial charge in [0.2, 0.25) is 5.91 Å². The fraction of sp³-hybridized carbons (Fsp3) is 0.0714. The van der Waals surface area contributed by atoms with Gasteiger partial charge in [-0.2, -0.15) is 0 Å². The zero-order valence-corrected chi connectivity index (χ0v) is 11.5. The predicted octanol–water partition coefficient (Wildman–Crippen LogP) is 3.65. The van der Waals surface area contributed by atoms with E-state index in [2.05, 4.69) is 10.3 Å². The third-order valence-electron chi connectivity index (χ3n) is 2.44. The number of carbonyl (C=O) groups is 1. The number of nitrogens with one attached hydrogen (secondary N) is 2. The largest absolute Gasteiger partial charge is 0.367 e. The topological polar surface area (TPSA) is 44.9 Å². The SMILES string of the molecule is O=C(/C=C/c1cc(Cl)cc(Cl)c1)NCc1cc[nH]c1. The molecule has 0 atom stereocenters. The minimum absolute atomic E-state index is 0.169. The van der Waals surface area contributed by atoms with Crippen LogP contribution in [0.2, 0.25) is 10.0 Å². The quantitative estimate of drug-likeness (QED) is 0.831. The summed E-state index contributed by atoms with van der Waals surface area (Å²) in [5, 5.41) is 3.86. The molecular weight excluding hydrogens is 283 g/mol. The number of halogens is 2. The van der Waals surface area contributed by atoms with Gasteiger partial charge in [-0.05, 0) is 41.5 Å². The summed E-state index contributed by atoms with van der Waals surface area (Å²) in [7, 11) is 0. The molecule has 0 unspecified atom stereocenters. The van der Waals surface area contributed by atoms with Crippen LogP contribution in [-0.4, -0.2) is 10.9 Å².